The third kappa shape index (κ3) is 1.43. The predicted molar refractivity (Wildman–Crippen MR) is 69.6 cm³/mol. The van der Waals surface area contributed by atoms with Crippen LogP contribution in [0.3, 0.4) is 0 Å². The zero-order valence-electron chi connectivity index (χ0n) is 11.2. The molecule has 1 amide bonds. The van der Waals surface area contributed by atoms with E-state index >= 15 is 0 Å². The van der Waals surface area contributed by atoms with E-state index in [1.54, 1.807) is 0 Å². The molecule has 0 bridgehead atoms. The maximum Gasteiger partial charge on any atom is 0.249 e. The molecule has 1 aliphatic heterocycles. The highest BCUT2D eigenvalue weighted by molar-refractivity contribution is 5.97. The third-order valence-electron chi connectivity index (χ3n) is 5.26. The molecule has 3 aliphatic rings. The second kappa shape index (κ2) is 3.47. The Kier molecular flexibility index (Phi) is 2.31. The van der Waals surface area contributed by atoms with Crippen LogP contribution in [0.4, 0.5) is 0 Å². The van der Waals surface area contributed by atoms with Gasteiger partial charge in [-0.15, -0.1) is 0 Å². The number of fused-ring (bicyclic) bond motifs is 2. The van der Waals surface area contributed by atoms with Crippen LogP contribution in [0.15, 0.2) is 23.3 Å². The second-order valence-corrected chi connectivity index (χ2v) is 6.52. The smallest absolute Gasteiger partial charge is 0.249 e. The Bertz CT molecular complexity index is 479. The van der Waals surface area contributed by atoms with Gasteiger partial charge in [-0.05, 0) is 49.5 Å². The number of aliphatic hydroxyl groups is 1. The molecule has 3 nitrogen and oxygen atoms in total. The molecule has 2 fully saturated rings. The van der Waals surface area contributed by atoms with Gasteiger partial charge in [0.1, 0.15) is 0 Å². The summed E-state index contributed by atoms with van der Waals surface area (Å²) in [4.78, 5) is 11.8. The number of rotatable bonds is 0. The van der Waals surface area contributed by atoms with Crippen molar-refractivity contribution in [1.29, 1.82) is 0 Å². The summed E-state index contributed by atoms with van der Waals surface area (Å²) in [5.41, 5.74) is 1.89. The Morgan fingerprint density at radius 3 is 2.94 bits per heavy atom. The predicted octanol–water partition coefficient (Wildman–Crippen LogP) is 2.28. The molecule has 2 aliphatic carbocycles. The molecule has 0 radical (unpaired) electrons. The normalized spacial score (nSPS) is 43.6. The van der Waals surface area contributed by atoms with E-state index in [0.717, 1.165) is 31.3 Å². The van der Waals surface area contributed by atoms with Crippen molar-refractivity contribution < 1.29 is 9.90 Å². The molecule has 0 saturated heterocycles. The van der Waals surface area contributed by atoms with Gasteiger partial charge in [0.25, 0.3) is 0 Å². The Morgan fingerprint density at radius 2 is 2.22 bits per heavy atom. The quantitative estimate of drug-likeness (QED) is 0.645. The lowest BCUT2D eigenvalue weighted by Crippen LogP contribution is -2.54. The van der Waals surface area contributed by atoms with Crippen LogP contribution in [0.25, 0.3) is 0 Å². The summed E-state index contributed by atoms with van der Waals surface area (Å²) in [5.74, 6) is 0.310. The van der Waals surface area contributed by atoms with Gasteiger partial charge in [-0.1, -0.05) is 19.1 Å². The Balaban J connectivity index is 2.04. The summed E-state index contributed by atoms with van der Waals surface area (Å²) in [6.45, 7) is 8.26. The van der Waals surface area contributed by atoms with Crippen molar-refractivity contribution in [2.24, 2.45) is 11.3 Å². The van der Waals surface area contributed by atoms with Gasteiger partial charge in [0, 0.05) is 12.0 Å². The number of hydrogen-bond acceptors (Lipinski definition) is 2. The van der Waals surface area contributed by atoms with E-state index in [9.17, 15) is 9.90 Å². The highest BCUT2D eigenvalue weighted by Crippen LogP contribution is 2.57. The highest BCUT2D eigenvalue weighted by atomic mass is 16.3. The van der Waals surface area contributed by atoms with E-state index in [4.69, 9.17) is 0 Å². The molecule has 18 heavy (non-hydrogen) atoms. The first-order valence-corrected chi connectivity index (χ1v) is 6.78. The highest BCUT2D eigenvalue weighted by Gasteiger charge is 2.55. The largest absolute Gasteiger partial charge is 0.367 e. The number of carbonyl (C=O) groups excluding carboxylic acids is 1. The van der Waals surface area contributed by atoms with Crippen LogP contribution in [0.5, 0.6) is 0 Å². The molecule has 3 heteroatoms. The van der Waals surface area contributed by atoms with Crippen LogP contribution < -0.4 is 5.32 Å². The first kappa shape index (κ1) is 12.0. The van der Waals surface area contributed by atoms with E-state index in [1.165, 1.54) is 5.57 Å². The lowest BCUT2D eigenvalue weighted by Gasteiger charge is -2.51. The van der Waals surface area contributed by atoms with Crippen LogP contribution in [-0.4, -0.2) is 16.7 Å². The average molecular weight is 247 g/mol. The van der Waals surface area contributed by atoms with E-state index < -0.39 is 5.72 Å². The summed E-state index contributed by atoms with van der Waals surface area (Å²) in [6.07, 6.45) is 4.76. The molecule has 3 unspecified atom stereocenters. The van der Waals surface area contributed by atoms with Crippen LogP contribution >= 0.6 is 0 Å². The summed E-state index contributed by atoms with van der Waals surface area (Å²) in [5, 5.41) is 13.5. The molecular formula is C15H21NO2. The van der Waals surface area contributed by atoms with Crippen molar-refractivity contribution in [2.75, 3.05) is 0 Å². The fraction of sp³-hybridized carbons (Fsp3) is 0.667. The first-order valence-electron chi connectivity index (χ1n) is 6.78. The first-order chi connectivity index (χ1) is 8.36. The van der Waals surface area contributed by atoms with Gasteiger partial charge in [-0.25, -0.2) is 0 Å². The van der Waals surface area contributed by atoms with Gasteiger partial charge in [-0.2, -0.15) is 0 Å². The van der Waals surface area contributed by atoms with E-state index in [1.807, 2.05) is 6.92 Å². The van der Waals surface area contributed by atoms with Crippen LogP contribution in [0.1, 0.15) is 46.0 Å². The van der Waals surface area contributed by atoms with Crippen molar-refractivity contribution in [3.8, 4) is 0 Å². The average Bonchev–Trinajstić information content (AvgIpc) is 2.46. The maximum absolute atomic E-state index is 11.8. The zero-order valence-corrected chi connectivity index (χ0v) is 11.2. The van der Waals surface area contributed by atoms with E-state index in [0.29, 0.717) is 17.9 Å². The SMILES string of the molecule is C=C1CCCC2(C)CC3(O)NC(=O)C(C)=C3CC12. The van der Waals surface area contributed by atoms with Crippen molar-refractivity contribution >= 4 is 5.91 Å². The standard InChI is InChI=1S/C15H21NO2/c1-9-5-4-6-14(3)8-15(18)12(7-11(9)14)10(2)13(17)16-15/h11,18H,1,4-8H2,2-3H3,(H,16,17). The molecule has 1 heterocycles. The second-order valence-electron chi connectivity index (χ2n) is 6.52. The maximum atomic E-state index is 11.8. The van der Waals surface area contributed by atoms with Crippen molar-refractivity contribution in [1.82, 2.24) is 5.32 Å². The Labute approximate surface area is 108 Å². The minimum Gasteiger partial charge on any atom is -0.367 e. The van der Waals surface area contributed by atoms with Gasteiger partial charge < -0.3 is 10.4 Å². The molecular weight excluding hydrogens is 226 g/mol. The Hall–Kier alpha value is -1.09. The number of amides is 1. The van der Waals surface area contributed by atoms with Crippen LogP contribution in [-0.2, 0) is 4.79 Å². The number of carbonyl (C=O) groups is 1. The summed E-state index contributed by atoms with van der Waals surface area (Å²) < 4.78 is 0. The topological polar surface area (TPSA) is 49.3 Å². The monoisotopic (exact) mass is 247 g/mol. The minimum absolute atomic E-state index is 0.0749. The number of hydrogen-bond donors (Lipinski definition) is 2. The molecule has 2 N–H and O–H groups in total. The minimum atomic E-state index is -1.09. The van der Waals surface area contributed by atoms with Crippen molar-refractivity contribution in [3.63, 3.8) is 0 Å². The molecule has 0 aromatic heterocycles. The fourth-order valence-electron chi connectivity index (χ4n) is 4.23. The van der Waals surface area contributed by atoms with E-state index in [-0.39, 0.29) is 11.3 Å². The lowest BCUT2D eigenvalue weighted by molar-refractivity contribution is -0.123. The molecule has 98 valence electrons. The van der Waals surface area contributed by atoms with Crippen molar-refractivity contribution in [2.45, 2.75) is 51.7 Å². The fourth-order valence-corrected chi connectivity index (χ4v) is 4.23. The molecule has 0 aromatic carbocycles. The summed E-state index contributed by atoms with van der Waals surface area (Å²) in [6, 6.07) is 0. The molecule has 0 spiro atoms. The zero-order chi connectivity index (χ0) is 13.1. The number of nitrogens with one attached hydrogen (secondary N) is 1. The number of allylic oxidation sites excluding steroid dienone is 1. The molecule has 0 aromatic rings. The summed E-state index contributed by atoms with van der Waals surface area (Å²) in [7, 11) is 0. The van der Waals surface area contributed by atoms with Gasteiger partial charge in [0.2, 0.25) is 5.91 Å². The van der Waals surface area contributed by atoms with Gasteiger partial charge in [-0.3, -0.25) is 4.79 Å². The Morgan fingerprint density at radius 1 is 1.50 bits per heavy atom. The van der Waals surface area contributed by atoms with Gasteiger partial charge >= 0.3 is 0 Å². The lowest BCUT2D eigenvalue weighted by atomic mass is 9.56. The van der Waals surface area contributed by atoms with Crippen LogP contribution in [0.2, 0.25) is 0 Å². The molecule has 3 rings (SSSR count). The third-order valence-corrected chi connectivity index (χ3v) is 5.26. The summed E-state index contributed by atoms with van der Waals surface area (Å²) >= 11 is 0. The van der Waals surface area contributed by atoms with Crippen LogP contribution in [0, 0.1) is 11.3 Å². The van der Waals surface area contributed by atoms with Crippen molar-refractivity contribution in [3.05, 3.63) is 23.3 Å². The molecule has 2 saturated carbocycles. The van der Waals surface area contributed by atoms with Gasteiger partial charge in [0.15, 0.2) is 5.72 Å². The van der Waals surface area contributed by atoms with Gasteiger partial charge in [0.05, 0.1) is 0 Å². The molecule has 3 atom stereocenters. The van der Waals surface area contributed by atoms with E-state index in [2.05, 4.69) is 18.8 Å².